The molecule has 0 heterocycles. The van der Waals surface area contributed by atoms with Gasteiger partial charge in [0.05, 0.1) is 15.6 Å². The van der Waals surface area contributed by atoms with Gasteiger partial charge in [0, 0.05) is 12.1 Å². The van der Waals surface area contributed by atoms with Gasteiger partial charge in [-0.25, -0.2) is 10.2 Å². The Morgan fingerprint density at radius 2 is 1.90 bits per heavy atom. The monoisotopic (exact) mass is 301 g/mol. The molecule has 1 rings (SSSR count). The normalized spacial score (nSPS) is 9.45. The van der Waals surface area contributed by atoms with Crippen LogP contribution in [0.25, 0.3) is 0 Å². The highest BCUT2D eigenvalue weighted by Crippen LogP contribution is 2.26. The molecule has 0 saturated carbocycles. The number of hydrogen-bond donors (Lipinski definition) is 4. The summed E-state index contributed by atoms with van der Waals surface area (Å²) >= 11 is 5.72. The van der Waals surface area contributed by atoms with Crippen LogP contribution >= 0.6 is 11.6 Å². The molecule has 1 aromatic carbocycles. The summed E-state index contributed by atoms with van der Waals surface area (Å²) in [5, 5.41) is 12.6. The van der Waals surface area contributed by atoms with E-state index in [1.807, 2.05) is 5.43 Å². The summed E-state index contributed by atoms with van der Waals surface area (Å²) in [6.45, 7) is 0. The number of nitrogens with one attached hydrogen (secondary N) is 3. The van der Waals surface area contributed by atoms with Crippen molar-refractivity contribution in [1.29, 1.82) is 0 Å². The van der Waals surface area contributed by atoms with E-state index in [1.54, 1.807) is 5.43 Å². The van der Waals surface area contributed by atoms with Gasteiger partial charge in [-0.15, -0.1) is 0 Å². The van der Waals surface area contributed by atoms with Crippen molar-refractivity contribution in [2.75, 3.05) is 5.32 Å². The topological polar surface area (TPSA) is 156 Å². The third-order valence-electron chi connectivity index (χ3n) is 1.93. The molecule has 0 aromatic heterocycles. The van der Waals surface area contributed by atoms with Crippen LogP contribution < -0.4 is 21.9 Å². The summed E-state index contributed by atoms with van der Waals surface area (Å²) in [5.74, 6) is -2.49. The summed E-state index contributed by atoms with van der Waals surface area (Å²) < 4.78 is 0. The second-order valence-electron chi connectivity index (χ2n) is 3.32. The standard InChI is InChI=1S/C9H8ClN5O5/c10-5-3-4(15(19)20)1-2-6(5)12-9(18)14-13-8(17)7(11)16/h1-3H,(H2,11,16)(H,13,17)(H2,12,14,18). The lowest BCUT2D eigenvalue weighted by atomic mass is 10.3. The Hall–Kier alpha value is -2.88. The highest BCUT2D eigenvalue weighted by atomic mass is 35.5. The summed E-state index contributed by atoms with van der Waals surface area (Å²) in [7, 11) is 0. The first kappa shape index (κ1) is 15.2. The maximum atomic E-state index is 11.3. The molecule has 11 heteroatoms. The fourth-order valence-corrected chi connectivity index (χ4v) is 1.27. The van der Waals surface area contributed by atoms with Crippen LogP contribution in [0.3, 0.4) is 0 Å². The van der Waals surface area contributed by atoms with Gasteiger partial charge >= 0.3 is 17.8 Å². The SMILES string of the molecule is NC(=O)C(=O)NNC(=O)Nc1ccc([N+](=O)[O-])cc1Cl. The van der Waals surface area contributed by atoms with Gasteiger partial charge in [-0.2, -0.15) is 0 Å². The molecular weight excluding hydrogens is 294 g/mol. The molecule has 0 spiro atoms. The molecule has 0 aliphatic rings. The largest absolute Gasteiger partial charge is 0.361 e. The van der Waals surface area contributed by atoms with Crippen molar-refractivity contribution < 1.29 is 19.3 Å². The number of non-ortho nitro benzene ring substituents is 1. The first-order chi connectivity index (χ1) is 9.31. The van der Waals surface area contributed by atoms with Gasteiger partial charge in [0.25, 0.3) is 5.69 Å². The zero-order chi connectivity index (χ0) is 15.3. The number of nitro benzene ring substituents is 1. The molecular formula is C9H8ClN5O5. The van der Waals surface area contributed by atoms with Crippen LogP contribution in [0.15, 0.2) is 18.2 Å². The number of nitro groups is 1. The number of amides is 4. The molecule has 5 N–H and O–H groups in total. The first-order valence-corrected chi connectivity index (χ1v) is 5.29. The molecule has 0 bridgehead atoms. The third-order valence-corrected chi connectivity index (χ3v) is 2.24. The first-order valence-electron chi connectivity index (χ1n) is 4.92. The minimum absolute atomic E-state index is 0.0723. The number of rotatable bonds is 2. The number of hydrogen-bond acceptors (Lipinski definition) is 5. The maximum Gasteiger partial charge on any atom is 0.337 e. The van der Waals surface area contributed by atoms with Crippen molar-refractivity contribution in [2.45, 2.75) is 0 Å². The average Bonchev–Trinajstić information content (AvgIpc) is 2.37. The van der Waals surface area contributed by atoms with Crippen LogP contribution in [0.2, 0.25) is 5.02 Å². The third kappa shape index (κ3) is 4.10. The smallest absolute Gasteiger partial charge is 0.337 e. The number of benzene rings is 1. The number of carbonyl (C=O) groups is 3. The second-order valence-corrected chi connectivity index (χ2v) is 3.73. The number of hydrazine groups is 1. The van der Waals surface area contributed by atoms with Crippen molar-refractivity contribution in [3.63, 3.8) is 0 Å². The van der Waals surface area contributed by atoms with Crippen molar-refractivity contribution in [3.8, 4) is 0 Å². The Bertz CT molecular complexity index is 590. The van der Waals surface area contributed by atoms with Crippen LogP contribution in [0.1, 0.15) is 0 Å². The van der Waals surface area contributed by atoms with Gasteiger partial charge in [0.15, 0.2) is 0 Å². The summed E-state index contributed by atoms with van der Waals surface area (Å²) in [6.07, 6.45) is 0. The summed E-state index contributed by atoms with van der Waals surface area (Å²) in [5.41, 5.74) is 8.02. The van der Waals surface area contributed by atoms with Gasteiger partial charge in [0.2, 0.25) is 0 Å². The predicted molar refractivity (Wildman–Crippen MR) is 67.6 cm³/mol. The Balaban J connectivity index is 2.65. The molecule has 0 aliphatic carbocycles. The lowest BCUT2D eigenvalue weighted by molar-refractivity contribution is -0.384. The number of primary amides is 1. The van der Waals surface area contributed by atoms with Crippen molar-refractivity contribution in [3.05, 3.63) is 33.3 Å². The van der Waals surface area contributed by atoms with Crippen LogP contribution in [0.4, 0.5) is 16.2 Å². The number of nitrogens with two attached hydrogens (primary N) is 1. The van der Waals surface area contributed by atoms with Crippen molar-refractivity contribution in [1.82, 2.24) is 10.9 Å². The van der Waals surface area contributed by atoms with E-state index in [-0.39, 0.29) is 16.4 Å². The summed E-state index contributed by atoms with van der Waals surface area (Å²) in [4.78, 5) is 42.3. The molecule has 0 saturated heterocycles. The van der Waals surface area contributed by atoms with E-state index >= 15 is 0 Å². The minimum Gasteiger partial charge on any atom is -0.361 e. The fourth-order valence-electron chi connectivity index (χ4n) is 1.05. The highest BCUT2D eigenvalue weighted by Gasteiger charge is 2.13. The quantitative estimate of drug-likeness (QED) is 0.340. The van der Waals surface area contributed by atoms with Crippen molar-refractivity contribution in [2.24, 2.45) is 5.73 Å². The molecule has 0 unspecified atom stereocenters. The Morgan fingerprint density at radius 1 is 1.25 bits per heavy atom. The van der Waals surface area contributed by atoms with E-state index in [0.29, 0.717) is 0 Å². The van der Waals surface area contributed by atoms with Gasteiger partial charge in [-0.1, -0.05) is 11.6 Å². The van der Waals surface area contributed by atoms with E-state index < -0.39 is 22.8 Å². The molecule has 0 aliphatic heterocycles. The molecule has 4 amide bonds. The van der Waals surface area contributed by atoms with Crippen LogP contribution in [0.5, 0.6) is 0 Å². The Labute approximate surface area is 116 Å². The van der Waals surface area contributed by atoms with Gasteiger partial charge in [-0.05, 0) is 6.07 Å². The molecule has 106 valence electrons. The van der Waals surface area contributed by atoms with Gasteiger partial charge in [-0.3, -0.25) is 25.1 Å². The number of urea groups is 1. The van der Waals surface area contributed by atoms with E-state index in [2.05, 4.69) is 11.1 Å². The fraction of sp³-hybridized carbons (Fsp3) is 0. The molecule has 0 radical (unpaired) electrons. The number of nitrogens with zero attached hydrogens (tertiary/aromatic N) is 1. The van der Waals surface area contributed by atoms with E-state index in [4.69, 9.17) is 11.6 Å². The summed E-state index contributed by atoms with van der Waals surface area (Å²) in [6, 6.07) is 2.45. The Morgan fingerprint density at radius 3 is 2.40 bits per heavy atom. The minimum atomic E-state index is -1.28. The number of carbonyl (C=O) groups excluding carboxylic acids is 3. The Kier molecular flexibility index (Phi) is 4.81. The lowest BCUT2D eigenvalue weighted by Gasteiger charge is -2.08. The second kappa shape index (κ2) is 6.33. The molecule has 10 nitrogen and oxygen atoms in total. The zero-order valence-corrected chi connectivity index (χ0v) is 10.4. The lowest BCUT2D eigenvalue weighted by Crippen LogP contribution is -2.48. The maximum absolute atomic E-state index is 11.3. The van der Waals surface area contributed by atoms with E-state index in [9.17, 15) is 24.5 Å². The highest BCUT2D eigenvalue weighted by molar-refractivity contribution is 6.35. The molecule has 0 fully saturated rings. The van der Waals surface area contributed by atoms with Crippen LogP contribution in [-0.2, 0) is 9.59 Å². The molecule has 1 aromatic rings. The zero-order valence-electron chi connectivity index (χ0n) is 9.68. The van der Waals surface area contributed by atoms with E-state index in [0.717, 1.165) is 12.1 Å². The van der Waals surface area contributed by atoms with Crippen LogP contribution in [-0.4, -0.2) is 22.8 Å². The van der Waals surface area contributed by atoms with Crippen molar-refractivity contribution >= 4 is 40.8 Å². The molecule has 20 heavy (non-hydrogen) atoms. The van der Waals surface area contributed by atoms with Gasteiger partial charge < -0.3 is 11.1 Å². The molecule has 0 atom stereocenters. The number of anilines is 1. The van der Waals surface area contributed by atoms with E-state index in [1.165, 1.54) is 6.07 Å². The van der Waals surface area contributed by atoms with Crippen LogP contribution in [0, 0.1) is 10.1 Å². The average molecular weight is 302 g/mol. The number of halogens is 1. The van der Waals surface area contributed by atoms with Gasteiger partial charge in [0.1, 0.15) is 0 Å². The predicted octanol–water partition coefficient (Wildman–Crippen LogP) is -0.114.